The van der Waals surface area contributed by atoms with E-state index in [4.69, 9.17) is 0 Å². The largest absolute Gasteiger partial charge is 0.493 e. The highest BCUT2D eigenvalue weighted by Crippen LogP contribution is 2.27. The standard InChI is InChI=1S/C15H15N3O3S/c1-4-18-14(20)10(7-16-18)13(19)9-5-6-11-12(8(9)2)17(3)15(21)22-11/h5-7,20H,4H2,1-3H3. The minimum Gasteiger partial charge on any atom is -0.493 e. The maximum absolute atomic E-state index is 12.7. The molecule has 0 bridgehead atoms. The normalized spacial score (nSPS) is 11.2. The summed E-state index contributed by atoms with van der Waals surface area (Å²) in [7, 11) is 1.69. The third-order valence-corrected chi connectivity index (χ3v) is 4.80. The molecule has 3 aromatic rings. The second-order valence-corrected chi connectivity index (χ2v) is 6.03. The first-order valence-electron chi connectivity index (χ1n) is 6.84. The minimum atomic E-state index is -0.296. The predicted octanol–water partition coefficient (Wildman–Crippen LogP) is 2.06. The van der Waals surface area contributed by atoms with Gasteiger partial charge in [0, 0.05) is 19.2 Å². The lowest BCUT2D eigenvalue weighted by Gasteiger charge is -2.07. The molecule has 0 spiro atoms. The van der Waals surface area contributed by atoms with Gasteiger partial charge >= 0.3 is 4.87 Å². The lowest BCUT2D eigenvalue weighted by Crippen LogP contribution is -2.09. The van der Waals surface area contributed by atoms with Crippen LogP contribution in [0.3, 0.4) is 0 Å². The van der Waals surface area contributed by atoms with E-state index < -0.39 is 0 Å². The molecule has 0 aliphatic rings. The molecule has 1 N–H and O–H groups in total. The molecule has 0 aliphatic carbocycles. The summed E-state index contributed by atoms with van der Waals surface area (Å²) in [6.07, 6.45) is 1.37. The number of aryl methyl sites for hydroxylation is 3. The topological polar surface area (TPSA) is 77.1 Å². The Balaban J connectivity index is 2.19. The lowest BCUT2D eigenvalue weighted by atomic mass is 10.00. The Hall–Kier alpha value is -2.41. The quantitative estimate of drug-likeness (QED) is 0.750. The molecule has 0 saturated carbocycles. The summed E-state index contributed by atoms with van der Waals surface area (Å²) < 4.78 is 3.75. The van der Waals surface area contributed by atoms with Crippen molar-refractivity contribution in [3.8, 4) is 5.88 Å². The number of ketones is 1. The SMILES string of the molecule is CCn1ncc(C(=O)c2ccc3sc(=O)n(C)c3c2C)c1O. The van der Waals surface area contributed by atoms with Crippen LogP contribution in [0.5, 0.6) is 5.88 Å². The van der Waals surface area contributed by atoms with Crippen LogP contribution in [-0.4, -0.2) is 25.2 Å². The van der Waals surface area contributed by atoms with E-state index in [0.29, 0.717) is 12.1 Å². The van der Waals surface area contributed by atoms with Crippen LogP contribution in [0.15, 0.2) is 23.1 Å². The van der Waals surface area contributed by atoms with Gasteiger partial charge in [-0.1, -0.05) is 11.3 Å². The Bertz CT molecular complexity index is 949. The Morgan fingerprint density at radius 1 is 1.36 bits per heavy atom. The fourth-order valence-corrected chi connectivity index (χ4v) is 3.53. The molecule has 2 aromatic heterocycles. The first-order valence-corrected chi connectivity index (χ1v) is 7.66. The molecular formula is C15H15N3O3S. The molecule has 0 saturated heterocycles. The number of hydrogen-bond acceptors (Lipinski definition) is 5. The van der Waals surface area contributed by atoms with Crippen LogP contribution in [-0.2, 0) is 13.6 Å². The van der Waals surface area contributed by atoms with Gasteiger partial charge in [-0.25, -0.2) is 4.68 Å². The molecule has 0 fully saturated rings. The molecule has 114 valence electrons. The van der Waals surface area contributed by atoms with Gasteiger partial charge in [0.25, 0.3) is 0 Å². The van der Waals surface area contributed by atoms with Gasteiger partial charge in [-0.15, -0.1) is 0 Å². The lowest BCUT2D eigenvalue weighted by molar-refractivity contribution is 0.103. The summed E-state index contributed by atoms with van der Waals surface area (Å²) in [5.74, 6) is -0.429. The van der Waals surface area contributed by atoms with Gasteiger partial charge in [-0.3, -0.25) is 9.59 Å². The maximum atomic E-state index is 12.7. The van der Waals surface area contributed by atoms with Gasteiger partial charge in [-0.05, 0) is 31.5 Å². The molecule has 1 aromatic carbocycles. The molecule has 2 heterocycles. The number of benzene rings is 1. The highest BCUT2D eigenvalue weighted by atomic mass is 32.1. The minimum absolute atomic E-state index is 0.0654. The molecular weight excluding hydrogens is 302 g/mol. The second kappa shape index (κ2) is 5.10. The van der Waals surface area contributed by atoms with E-state index in [1.165, 1.54) is 10.9 Å². The number of carbonyl (C=O) groups is 1. The molecule has 0 aliphatic heterocycles. The molecule has 3 rings (SSSR count). The zero-order valence-electron chi connectivity index (χ0n) is 12.5. The Kier molecular flexibility index (Phi) is 3.37. The number of rotatable bonds is 3. The number of aromatic hydroxyl groups is 1. The first kappa shape index (κ1) is 14.5. The molecule has 0 unspecified atom stereocenters. The number of carbonyl (C=O) groups excluding carboxylic acids is 1. The van der Waals surface area contributed by atoms with Gasteiger partial charge in [-0.2, -0.15) is 5.10 Å². The van der Waals surface area contributed by atoms with Crippen molar-refractivity contribution in [1.29, 1.82) is 0 Å². The van der Waals surface area contributed by atoms with Crippen molar-refractivity contribution < 1.29 is 9.90 Å². The average Bonchev–Trinajstić information content (AvgIpc) is 3.00. The highest BCUT2D eigenvalue weighted by molar-refractivity contribution is 7.16. The van der Waals surface area contributed by atoms with Crippen molar-refractivity contribution in [2.45, 2.75) is 20.4 Å². The maximum Gasteiger partial charge on any atom is 0.307 e. The molecule has 0 atom stereocenters. The van der Waals surface area contributed by atoms with E-state index in [2.05, 4.69) is 5.10 Å². The Labute approximate surface area is 130 Å². The molecule has 7 heteroatoms. The van der Waals surface area contributed by atoms with Crippen molar-refractivity contribution >= 4 is 27.3 Å². The molecule has 6 nitrogen and oxygen atoms in total. The third kappa shape index (κ3) is 1.97. The van der Waals surface area contributed by atoms with Gasteiger partial charge in [0.05, 0.1) is 16.4 Å². The zero-order valence-corrected chi connectivity index (χ0v) is 13.3. The highest BCUT2D eigenvalue weighted by Gasteiger charge is 2.21. The third-order valence-electron chi connectivity index (χ3n) is 3.80. The van der Waals surface area contributed by atoms with E-state index in [9.17, 15) is 14.7 Å². The van der Waals surface area contributed by atoms with E-state index in [1.54, 1.807) is 23.7 Å². The van der Waals surface area contributed by atoms with Crippen LogP contribution in [0.4, 0.5) is 0 Å². The average molecular weight is 317 g/mol. The van der Waals surface area contributed by atoms with Crippen molar-refractivity contribution in [2.75, 3.05) is 0 Å². The summed E-state index contributed by atoms with van der Waals surface area (Å²) in [6, 6.07) is 3.46. The van der Waals surface area contributed by atoms with Crippen molar-refractivity contribution in [1.82, 2.24) is 14.3 Å². The smallest absolute Gasteiger partial charge is 0.307 e. The van der Waals surface area contributed by atoms with E-state index in [0.717, 1.165) is 27.1 Å². The first-order chi connectivity index (χ1) is 10.5. The van der Waals surface area contributed by atoms with Crippen LogP contribution >= 0.6 is 11.3 Å². The fraction of sp³-hybridized carbons (Fsp3) is 0.267. The summed E-state index contributed by atoms with van der Waals surface area (Å²) in [6.45, 7) is 4.12. The summed E-state index contributed by atoms with van der Waals surface area (Å²) >= 11 is 1.15. The van der Waals surface area contributed by atoms with E-state index >= 15 is 0 Å². The molecule has 0 radical (unpaired) electrons. The monoisotopic (exact) mass is 317 g/mol. The van der Waals surface area contributed by atoms with Crippen LogP contribution in [0, 0.1) is 6.92 Å². The van der Waals surface area contributed by atoms with Gasteiger partial charge in [0.2, 0.25) is 5.88 Å². The molecule has 22 heavy (non-hydrogen) atoms. The van der Waals surface area contributed by atoms with Gasteiger partial charge in [0.1, 0.15) is 5.56 Å². The van der Waals surface area contributed by atoms with Gasteiger partial charge in [0.15, 0.2) is 5.78 Å². The number of nitrogens with zero attached hydrogens (tertiary/aromatic N) is 3. The predicted molar refractivity (Wildman–Crippen MR) is 84.8 cm³/mol. The summed E-state index contributed by atoms with van der Waals surface area (Å²) in [4.78, 5) is 24.4. The zero-order chi connectivity index (χ0) is 16.0. The van der Waals surface area contributed by atoms with Crippen molar-refractivity contribution in [3.05, 3.63) is 44.7 Å². The van der Waals surface area contributed by atoms with E-state index in [-0.39, 0.29) is 22.1 Å². The number of thiazole rings is 1. The van der Waals surface area contributed by atoms with Gasteiger partial charge < -0.3 is 9.67 Å². The number of hydrogen-bond donors (Lipinski definition) is 1. The Morgan fingerprint density at radius 3 is 2.73 bits per heavy atom. The van der Waals surface area contributed by atoms with Crippen molar-refractivity contribution in [2.24, 2.45) is 7.05 Å². The van der Waals surface area contributed by atoms with E-state index in [1.807, 2.05) is 13.8 Å². The van der Waals surface area contributed by atoms with Crippen LogP contribution in [0.2, 0.25) is 0 Å². The number of fused-ring (bicyclic) bond motifs is 1. The summed E-state index contributed by atoms with van der Waals surface area (Å²) in [5, 5.41) is 14.0. The molecule has 0 amide bonds. The van der Waals surface area contributed by atoms with Crippen LogP contribution in [0.1, 0.15) is 28.4 Å². The Morgan fingerprint density at radius 2 is 2.09 bits per heavy atom. The van der Waals surface area contributed by atoms with Crippen LogP contribution in [0.25, 0.3) is 10.2 Å². The summed E-state index contributed by atoms with van der Waals surface area (Å²) in [5.41, 5.74) is 2.12. The van der Waals surface area contributed by atoms with Crippen molar-refractivity contribution in [3.63, 3.8) is 0 Å². The fourth-order valence-electron chi connectivity index (χ4n) is 2.59. The van der Waals surface area contributed by atoms with Crippen LogP contribution < -0.4 is 4.87 Å². The number of aromatic nitrogens is 3. The second-order valence-electron chi connectivity index (χ2n) is 5.04.